The molecule has 1 amide bonds. The quantitative estimate of drug-likeness (QED) is 0.547. The predicted octanol–water partition coefficient (Wildman–Crippen LogP) is 3.41. The van der Waals surface area contributed by atoms with Gasteiger partial charge < -0.3 is 19.8 Å². The molecule has 1 fully saturated rings. The van der Waals surface area contributed by atoms with Crippen LogP contribution in [0.3, 0.4) is 0 Å². The molecule has 28 heavy (non-hydrogen) atoms. The second-order valence-corrected chi connectivity index (χ2v) is 7.88. The first kappa shape index (κ1) is 19.0. The Balaban J connectivity index is 1.33. The number of unbranched alkanes of at least 4 members (excludes halogenated alkanes) is 2. The van der Waals surface area contributed by atoms with E-state index in [0.29, 0.717) is 46.2 Å². The highest BCUT2D eigenvalue weighted by molar-refractivity contribution is 7.71. The molecule has 0 unspecified atom stereocenters. The lowest BCUT2D eigenvalue weighted by Gasteiger charge is -2.12. The van der Waals surface area contributed by atoms with Crippen LogP contribution in [0.4, 0.5) is 0 Å². The van der Waals surface area contributed by atoms with Crippen LogP contribution in [0, 0.1) is 4.77 Å². The molecule has 1 aliphatic carbocycles. The summed E-state index contributed by atoms with van der Waals surface area (Å²) < 4.78 is 12.7. The molecule has 2 aromatic rings. The van der Waals surface area contributed by atoms with E-state index in [4.69, 9.17) is 21.7 Å². The summed E-state index contributed by atoms with van der Waals surface area (Å²) in [6.45, 7) is 0.692. The summed E-state index contributed by atoms with van der Waals surface area (Å²) in [4.78, 5) is 27.9. The van der Waals surface area contributed by atoms with E-state index in [1.165, 1.54) is 12.8 Å². The third-order valence-corrected chi connectivity index (χ3v) is 5.80. The van der Waals surface area contributed by atoms with Crippen molar-refractivity contribution in [1.29, 1.82) is 0 Å². The van der Waals surface area contributed by atoms with E-state index < -0.39 is 0 Å². The zero-order chi connectivity index (χ0) is 19.5. The fourth-order valence-electron chi connectivity index (χ4n) is 3.95. The van der Waals surface area contributed by atoms with Crippen LogP contribution in [0.1, 0.15) is 51.4 Å². The van der Waals surface area contributed by atoms with Crippen LogP contribution < -0.4 is 20.3 Å². The smallest absolute Gasteiger partial charge is 0.262 e. The topological polar surface area (TPSA) is 85.4 Å². The van der Waals surface area contributed by atoms with Crippen LogP contribution in [0.25, 0.3) is 10.9 Å². The SMILES string of the molecule is O=C(CCCCCn1c(=S)[nH]c2cc3c(cc2c1=O)OCO3)NC1CCCC1. The molecule has 0 radical (unpaired) electrons. The third kappa shape index (κ3) is 4.06. The highest BCUT2D eigenvalue weighted by Crippen LogP contribution is 2.34. The number of aromatic amines is 1. The summed E-state index contributed by atoms with van der Waals surface area (Å²) in [7, 11) is 0. The summed E-state index contributed by atoms with van der Waals surface area (Å²) in [5, 5.41) is 3.64. The monoisotopic (exact) mass is 403 g/mol. The van der Waals surface area contributed by atoms with Gasteiger partial charge in [0.1, 0.15) is 0 Å². The van der Waals surface area contributed by atoms with Crippen molar-refractivity contribution in [2.24, 2.45) is 0 Å². The Morgan fingerprint density at radius 2 is 1.93 bits per heavy atom. The minimum atomic E-state index is -0.129. The maximum atomic E-state index is 12.8. The first-order valence-corrected chi connectivity index (χ1v) is 10.4. The molecule has 1 aromatic heterocycles. The number of ether oxygens (including phenoxy) is 2. The Labute approximate surface area is 168 Å². The molecule has 0 bridgehead atoms. The number of carbonyl (C=O) groups is 1. The number of H-pyrrole nitrogens is 1. The lowest BCUT2D eigenvalue weighted by molar-refractivity contribution is -0.121. The summed E-state index contributed by atoms with van der Waals surface area (Å²) in [6, 6.07) is 3.83. The van der Waals surface area contributed by atoms with Gasteiger partial charge in [-0.3, -0.25) is 14.2 Å². The van der Waals surface area contributed by atoms with Crippen LogP contribution in [0.2, 0.25) is 0 Å². The molecule has 1 aromatic carbocycles. The number of nitrogens with zero attached hydrogens (tertiary/aromatic N) is 1. The van der Waals surface area contributed by atoms with Gasteiger partial charge >= 0.3 is 0 Å². The van der Waals surface area contributed by atoms with E-state index in [1.807, 2.05) is 0 Å². The first-order valence-electron chi connectivity index (χ1n) is 9.97. The number of hydrogen-bond acceptors (Lipinski definition) is 5. The standard InChI is InChI=1S/C20H25N3O4S/c24-18(21-13-6-3-4-7-13)8-2-1-5-9-23-19(25)14-10-16-17(27-12-26-16)11-15(14)22-20(23)28/h10-11,13H,1-9,12H2,(H,21,24)(H,22,28). The van der Waals surface area contributed by atoms with Gasteiger partial charge in [0.2, 0.25) is 12.7 Å². The van der Waals surface area contributed by atoms with Crippen molar-refractivity contribution in [3.63, 3.8) is 0 Å². The molecule has 8 heteroatoms. The number of carbonyl (C=O) groups excluding carboxylic acids is 1. The Bertz CT molecular complexity index is 991. The van der Waals surface area contributed by atoms with Crippen molar-refractivity contribution in [1.82, 2.24) is 14.9 Å². The van der Waals surface area contributed by atoms with Gasteiger partial charge in [-0.15, -0.1) is 0 Å². The number of rotatable bonds is 7. The van der Waals surface area contributed by atoms with Crippen LogP contribution in [0.5, 0.6) is 11.5 Å². The van der Waals surface area contributed by atoms with Crippen LogP contribution in [0.15, 0.2) is 16.9 Å². The van der Waals surface area contributed by atoms with Gasteiger partial charge in [-0.1, -0.05) is 19.3 Å². The third-order valence-electron chi connectivity index (χ3n) is 5.48. The maximum Gasteiger partial charge on any atom is 0.262 e. The highest BCUT2D eigenvalue weighted by atomic mass is 32.1. The zero-order valence-corrected chi connectivity index (χ0v) is 16.6. The van der Waals surface area contributed by atoms with Gasteiger partial charge in [0, 0.05) is 25.1 Å². The van der Waals surface area contributed by atoms with E-state index in [9.17, 15) is 9.59 Å². The molecule has 0 spiro atoms. The molecule has 1 saturated carbocycles. The summed E-state index contributed by atoms with van der Waals surface area (Å²) >= 11 is 5.37. The molecule has 1 aliphatic heterocycles. The minimum absolute atomic E-state index is 0.129. The maximum absolute atomic E-state index is 12.8. The predicted molar refractivity (Wildman–Crippen MR) is 108 cm³/mol. The van der Waals surface area contributed by atoms with E-state index in [-0.39, 0.29) is 18.3 Å². The molecule has 7 nitrogen and oxygen atoms in total. The highest BCUT2D eigenvalue weighted by Gasteiger charge is 2.18. The summed E-state index contributed by atoms with van der Waals surface area (Å²) in [5.74, 6) is 1.34. The molecular formula is C20H25N3O4S. The lowest BCUT2D eigenvalue weighted by atomic mass is 10.1. The number of fused-ring (bicyclic) bond motifs is 2. The van der Waals surface area contributed by atoms with Gasteiger partial charge in [0.15, 0.2) is 16.3 Å². The Morgan fingerprint density at radius 1 is 1.18 bits per heavy atom. The molecule has 2 N–H and O–H groups in total. The van der Waals surface area contributed by atoms with Gasteiger partial charge in [0.05, 0.1) is 10.9 Å². The molecular weight excluding hydrogens is 378 g/mol. The van der Waals surface area contributed by atoms with Crippen LogP contribution >= 0.6 is 12.2 Å². The molecule has 4 rings (SSSR count). The van der Waals surface area contributed by atoms with Crippen molar-refractivity contribution in [2.45, 2.75) is 64.0 Å². The van der Waals surface area contributed by atoms with E-state index in [1.54, 1.807) is 16.7 Å². The van der Waals surface area contributed by atoms with Gasteiger partial charge in [-0.25, -0.2) is 0 Å². The molecule has 0 atom stereocenters. The normalized spacial score (nSPS) is 16.0. The number of amides is 1. The Hall–Kier alpha value is -2.35. The minimum Gasteiger partial charge on any atom is -0.454 e. The number of benzene rings is 1. The summed E-state index contributed by atoms with van der Waals surface area (Å²) in [5.41, 5.74) is 0.523. The second-order valence-electron chi connectivity index (χ2n) is 7.50. The zero-order valence-electron chi connectivity index (χ0n) is 15.8. The van der Waals surface area contributed by atoms with Crippen molar-refractivity contribution in [2.75, 3.05) is 6.79 Å². The average Bonchev–Trinajstić information content (AvgIpc) is 3.33. The molecule has 2 aliphatic rings. The summed E-state index contributed by atoms with van der Waals surface area (Å²) in [6.07, 6.45) is 7.67. The van der Waals surface area contributed by atoms with E-state index in [0.717, 1.165) is 32.1 Å². The second kappa shape index (κ2) is 8.34. The Morgan fingerprint density at radius 3 is 2.71 bits per heavy atom. The van der Waals surface area contributed by atoms with E-state index in [2.05, 4.69) is 10.3 Å². The van der Waals surface area contributed by atoms with Gasteiger partial charge in [-0.05, 0) is 44.0 Å². The largest absolute Gasteiger partial charge is 0.454 e. The van der Waals surface area contributed by atoms with Crippen molar-refractivity contribution in [3.05, 3.63) is 27.3 Å². The first-order chi connectivity index (χ1) is 13.6. The fourth-order valence-corrected chi connectivity index (χ4v) is 4.23. The molecule has 2 heterocycles. The van der Waals surface area contributed by atoms with Crippen LogP contribution in [-0.4, -0.2) is 28.3 Å². The van der Waals surface area contributed by atoms with Crippen molar-refractivity contribution >= 4 is 29.0 Å². The molecule has 150 valence electrons. The van der Waals surface area contributed by atoms with Gasteiger partial charge in [0.25, 0.3) is 5.56 Å². The number of hydrogen-bond donors (Lipinski definition) is 2. The number of nitrogens with one attached hydrogen (secondary N) is 2. The fraction of sp³-hybridized carbons (Fsp3) is 0.550. The molecule has 0 saturated heterocycles. The lowest BCUT2D eigenvalue weighted by Crippen LogP contribution is -2.32. The average molecular weight is 404 g/mol. The van der Waals surface area contributed by atoms with Crippen molar-refractivity contribution < 1.29 is 14.3 Å². The Kier molecular flexibility index (Phi) is 5.66. The van der Waals surface area contributed by atoms with Crippen LogP contribution in [-0.2, 0) is 11.3 Å². The van der Waals surface area contributed by atoms with Gasteiger partial charge in [-0.2, -0.15) is 0 Å². The van der Waals surface area contributed by atoms with Crippen molar-refractivity contribution in [3.8, 4) is 11.5 Å². The number of aromatic nitrogens is 2. The van der Waals surface area contributed by atoms with E-state index >= 15 is 0 Å².